The van der Waals surface area contributed by atoms with E-state index in [1.165, 1.54) is 0 Å². The van der Waals surface area contributed by atoms with Crippen molar-refractivity contribution in [2.24, 2.45) is 5.41 Å². The molecule has 0 bridgehead atoms. The third kappa shape index (κ3) is 2.92. The molecule has 2 nitrogen and oxygen atoms in total. The monoisotopic (exact) mass is 319 g/mol. The number of hydrogen-bond acceptors (Lipinski definition) is 2. The summed E-state index contributed by atoms with van der Waals surface area (Å²) in [5.41, 5.74) is 0.228. The first kappa shape index (κ1) is 15.1. The fraction of sp³-hybridized carbons (Fsp3) is 0.500. The molecule has 1 N–H and O–H groups in total. The Kier molecular flexibility index (Phi) is 4.78. The van der Waals surface area contributed by atoms with Crippen LogP contribution in [0, 0.1) is 5.41 Å². The van der Waals surface area contributed by atoms with Crippen LogP contribution in [0.15, 0.2) is 12.1 Å². The largest absolute Gasteiger partial charge is 0.316 e. The highest BCUT2D eigenvalue weighted by Crippen LogP contribution is 2.38. The van der Waals surface area contributed by atoms with Crippen LogP contribution in [0.25, 0.3) is 0 Å². The van der Waals surface area contributed by atoms with Gasteiger partial charge in [0.15, 0.2) is 5.78 Å². The van der Waals surface area contributed by atoms with Crippen molar-refractivity contribution in [3.63, 3.8) is 0 Å². The minimum atomic E-state index is -0.324. The molecule has 0 aliphatic carbocycles. The summed E-state index contributed by atoms with van der Waals surface area (Å²) in [6.45, 7) is 3.69. The smallest absolute Gasteiger partial charge is 0.170 e. The number of nitrogens with one attached hydrogen (secondary N) is 1. The number of halogens is 3. The van der Waals surface area contributed by atoms with E-state index in [0.717, 1.165) is 32.4 Å². The fourth-order valence-corrected chi connectivity index (χ4v) is 3.33. The van der Waals surface area contributed by atoms with E-state index in [1.807, 2.05) is 0 Å². The predicted octanol–water partition coefficient (Wildman–Crippen LogP) is 4.61. The molecule has 1 heterocycles. The average molecular weight is 321 g/mol. The summed E-state index contributed by atoms with van der Waals surface area (Å²) in [6, 6.07) is 3.24. The van der Waals surface area contributed by atoms with Gasteiger partial charge in [-0.05, 0) is 31.5 Å². The number of hydrogen-bond donors (Lipinski definition) is 1. The summed E-state index contributed by atoms with van der Waals surface area (Å²) < 4.78 is 0. The molecule has 1 aromatic carbocycles. The van der Waals surface area contributed by atoms with Gasteiger partial charge in [0.05, 0.1) is 15.1 Å². The molecule has 1 atom stereocenters. The molecule has 5 heteroatoms. The highest BCUT2D eigenvalue weighted by molar-refractivity contribution is 6.48. The van der Waals surface area contributed by atoms with Crippen LogP contribution in [0.1, 0.15) is 36.5 Å². The van der Waals surface area contributed by atoms with Gasteiger partial charge in [-0.2, -0.15) is 0 Å². The van der Waals surface area contributed by atoms with Crippen molar-refractivity contribution in [2.45, 2.75) is 26.2 Å². The zero-order valence-electron chi connectivity index (χ0n) is 10.7. The van der Waals surface area contributed by atoms with Crippen molar-refractivity contribution in [2.75, 3.05) is 13.1 Å². The van der Waals surface area contributed by atoms with Gasteiger partial charge in [0.25, 0.3) is 0 Å². The third-order valence-corrected chi connectivity index (χ3v) is 4.90. The number of carbonyl (C=O) groups is 1. The lowest BCUT2D eigenvalue weighted by atomic mass is 9.76. The number of Topliss-reactive ketones (excluding diaryl/α,β-unsaturated/α-hetero) is 1. The summed E-state index contributed by atoms with van der Waals surface area (Å²) in [6.07, 6.45) is 2.71. The van der Waals surface area contributed by atoms with Crippen LogP contribution in [-0.2, 0) is 0 Å². The molecule has 104 valence electrons. The number of benzene rings is 1. The van der Waals surface area contributed by atoms with Gasteiger partial charge in [-0.1, -0.05) is 48.1 Å². The maximum Gasteiger partial charge on any atom is 0.170 e. The summed E-state index contributed by atoms with van der Waals surface area (Å²) in [7, 11) is 0. The minimum Gasteiger partial charge on any atom is -0.316 e. The second-order valence-electron chi connectivity index (χ2n) is 5.04. The highest BCUT2D eigenvalue weighted by Gasteiger charge is 2.40. The Hall–Kier alpha value is -0.280. The second kappa shape index (κ2) is 6.01. The Balaban J connectivity index is 2.37. The summed E-state index contributed by atoms with van der Waals surface area (Å²) in [5, 5.41) is 4.23. The Labute approximate surface area is 128 Å². The zero-order valence-corrected chi connectivity index (χ0v) is 13.0. The summed E-state index contributed by atoms with van der Waals surface area (Å²) in [5.74, 6) is 0.111. The van der Waals surface area contributed by atoms with Gasteiger partial charge in [-0.25, -0.2) is 0 Å². The van der Waals surface area contributed by atoms with E-state index < -0.39 is 0 Å². The molecule has 1 aromatic rings. The Morgan fingerprint density at radius 2 is 1.95 bits per heavy atom. The molecule has 1 saturated heterocycles. The Bertz CT molecular complexity index is 472. The molecular weight excluding hydrogens is 305 g/mol. The third-order valence-electron chi connectivity index (χ3n) is 3.70. The van der Waals surface area contributed by atoms with E-state index in [2.05, 4.69) is 12.2 Å². The van der Waals surface area contributed by atoms with Gasteiger partial charge >= 0.3 is 0 Å². The number of ketones is 1. The SMILES string of the molecule is CCCC1(C(=O)c2cc(Cl)c(Cl)c(Cl)c2)CCNC1. The summed E-state index contributed by atoms with van der Waals surface area (Å²) in [4.78, 5) is 12.8. The highest BCUT2D eigenvalue weighted by atomic mass is 35.5. The summed E-state index contributed by atoms with van der Waals surface area (Å²) >= 11 is 17.9. The Morgan fingerprint density at radius 3 is 2.42 bits per heavy atom. The molecule has 1 aliphatic rings. The van der Waals surface area contributed by atoms with E-state index in [4.69, 9.17) is 34.8 Å². The molecule has 0 amide bonds. The molecule has 19 heavy (non-hydrogen) atoms. The first-order valence-corrected chi connectivity index (χ1v) is 7.53. The van der Waals surface area contributed by atoms with Crippen molar-refractivity contribution in [3.8, 4) is 0 Å². The van der Waals surface area contributed by atoms with Gasteiger partial charge in [-0.3, -0.25) is 4.79 Å². The van der Waals surface area contributed by atoms with Crippen molar-refractivity contribution in [1.29, 1.82) is 0 Å². The van der Waals surface area contributed by atoms with Crippen LogP contribution in [-0.4, -0.2) is 18.9 Å². The maximum absolute atomic E-state index is 12.8. The lowest BCUT2D eigenvalue weighted by Gasteiger charge is -2.26. The molecule has 1 unspecified atom stereocenters. The molecular formula is C14H16Cl3NO. The van der Waals surface area contributed by atoms with E-state index in [0.29, 0.717) is 20.6 Å². The van der Waals surface area contributed by atoms with E-state index >= 15 is 0 Å². The predicted molar refractivity (Wildman–Crippen MR) is 80.6 cm³/mol. The van der Waals surface area contributed by atoms with Gasteiger partial charge < -0.3 is 5.32 Å². The second-order valence-corrected chi connectivity index (χ2v) is 6.23. The lowest BCUT2D eigenvalue weighted by molar-refractivity contribution is 0.0802. The van der Waals surface area contributed by atoms with Crippen molar-refractivity contribution in [1.82, 2.24) is 5.32 Å². The number of carbonyl (C=O) groups excluding carboxylic acids is 1. The topological polar surface area (TPSA) is 29.1 Å². The molecule has 1 fully saturated rings. The van der Waals surface area contributed by atoms with Gasteiger partial charge in [0.2, 0.25) is 0 Å². The fourth-order valence-electron chi connectivity index (χ4n) is 2.74. The first-order chi connectivity index (χ1) is 9.00. The molecule has 0 radical (unpaired) electrons. The molecule has 0 spiro atoms. The van der Waals surface area contributed by atoms with Crippen LogP contribution in [0.2, 0.25) is 15.1 Å². The maximum atomic E-state index is 12.8. The Morgan fingerprint density at radius 1 is 1.32 bits per heavy atom. The quantitative estimate of drug-likeness (QED) is 0.648. The van der Waals surface area contributed by atoms with E-state index in [1.54, 1.807) is 12.1 Å². The lowest BCUT2D eigenvalue weighted by Crippen LogP contribution is -2.33. The van der Waals surface area contributed by atoms with E-state index in [9.17, 15) is 4.79 Å². The van der Waals surface area contributed by atoms with Crippen LogP contribution >= 0.6 is 34.8 Å². The molecule has 1 aliphatic heterocycles. The van der Waals surface area contributed by atoms with E-state index in [-0.39, 0.29) is 11.2 Å². The minimum absolute atomic E-state index is 0.111. The standard InChI is InChI=1S/C14H16Cl3NO/c1-2-3-14(4-5-18-8-14)13(19)9-6-10(15)12(17)11(16)7-9/h6-7,18H,2-5,8H2,1H3. The van der Waals surface area contributed by atoms with Crippen molar-refractivity contribution < 1.29 is 4.79 Å². The van der Waals surface area contributed by atoms with Crippen LogP contribution in [0.3, 0.4) is 0 Å². The zero-order chi connectivity index (χ0) is 14.0. The average Bonchev–Trinajstić information content (AvgIpc) is 2.84. The van der Waals surface area contributed by atoms with Gasteiger partial charge in [-0.15, -0.1) is 0 Å². The van der Waals surface area contributed by atoms with Crippen LogP contribution in [0.5, 0.6) is 0 Å². The van der Waals surface area contributed by atoms with Crippen LogP contribution in [0.4, 0.5) is 0 Å². The molecule has 0 aromatic heterocycles. The molecule has 2 rings (SSSR count). The van der Waals surface area contributed by atoms with Crippen molar-refractivity contribution >= 4 is 40.6 Å². The van der Waals surface area contributed by atoms with Crippen LogP contribution < -0.4 is 5.32 Å². The number of rotatable bonds is 4. The molecule has 0 saturated carbocycles. The van der Waals surface area contributed by atoms with Gasteiger partial charge in [0, 0.05) is 17.5 Å². The van der Waals surface area contributed by atoms with Gasteiger partial charge in [0.1, 0.15) is 0 Å². The first-order valence-electron chi connectivity index (χ1n) is 6.40. The normalized spacial score (nSPS) is 22.7. The van der Waals surface area contributed by atoms with Crippen molar-refractivity contribution in [3.05, 3.63) is 32.8 Å².